The van der Waals surface area contributed by atoms with Crippen LogP contribution in [0, 0.1) is 11.6 Å². The van der Waals surface area contributed by atoms with Gasteiger partial charge >= 0.3 is 0 Å². The van der Waals surface area contributed by atoms with Crippen molar-refractivity contribution >= 4 is 11.6 Å². The number of nitrogens with two attached hydrogens (primary N) is 1. The van der Waals surface area contributed by atoms with Crippen molar-refractivity contribution in [2.75, 3.05) is 17.3 Å². The van der Waals surface area contributed by atoms with Crippen LogP contribution in [-0.2, 0) is 6.42 Å². The Balaban J connectivity index is 2.00. The molecule has 7 heteroatoms. The first kappa shape index (κ1) is 13.2. The highest BCUT2D eigenvalue weighted by molar-refractivity contribution is 5.46. The Morgan fingerprint density at radius 3 is 2.63 bits per heavy atom. The van der Waals surface area contributed by atoms with Gasteiger partial charge in [0.1, 0.15) is 0 Å². The van der Waals surface area contributed by atoms with Crippen LogP contribution in [0.3, 0.4) is 0 Å². The summed E-state index contributed by atoms with van der Waals surface area (Å²) >= 11 is 0. The molecule has 0 atom stereocenters. The van der Waals surface area contributed by atoms with E-state index in [2.05, 4.69) is 20.7 Å². The average molecular weight is 265 g/mol. The largest absolute Gasteiger partial charge is 0.367 e. The van der Waals surface area contributed by atoms with E-state index in [0.29, 0.717) is 13.0 Å². The van der Waals surface area contributed by atoms with E-state index in [0.717, 1.165) is 11.8 Å². The molecule has 0 bridgehead atoms. The maximum absolute atomic E-state index is 13.4. The molecule has 0 spiro atoms. The topological polar surface area (TPSA) is 75.9 Å². The van der Waals surface area contributed by atoms with E-state index in [1.165, 1.54) is 0 Å². The Hall–Kier alpha value is -2.28. The lowest BCUT2D eigenvalue weighted by molar-refractivity contribution is 0.578. The first-order valence-electron chi connectivity index (χ1n) is 5.67. The fourth-order valence-corrected chi connectivity index (χ4v) is 1.55. The number of aromatic nitrogens is 2. The van der Waals surface area contributed by atoms with Gasteiger partial charge in [0.05, 0.1) is 0 Å². The number of hydrazine groups is 1. The van der Waals surface area contributed by atoms with Gasteiger partial charge in [-0.2, -0.15) is 0 Å². The van der Waals surface area contributed by atoms with E-state index in [1.54, 1.807) is 6.20 Å². The lowest BCUT2D eigenvalue weighted by Gasteiger charge is -2.09. The number of rotatable bonds is 5. The molecule has 4 N–H and O–H groups in total. The van der Waals surface area contributed by atoms with Crippen molar-refractivity contribution in [3.63, 3.8) is 0 Å². The first-order valence-corrected chi connectivity index (χ1v) is 5.67. The molecule has 0 aliphatic heterocycles. The fraction of sp³-hybridized carbons (Fsp3) is 0.167. The van der Waals surface area contributed by atoms with Crippen LogP contribution < -0.4 is 16.6 Å². The summed E-state index contributed by atoms with van der Waals surface area (Å²) in [5.41, 5.74) is 2.94. The zero-order valence-electron chi connectivity index (χ0n) is 10.0. The number of hydrogen-bond acceptors (Lipinski definition) is 5. The Labute approximate surface area is 108 Å². The van der Waals surface area contributed by atoms with Gasteiger partial charge in [0.25, 0.3) is 0 Å². The van der Waals surface area contributed by atoms with E-state index < -0.39 is 11.6 Å². The number of anilines is 2. The molecule has 0 unspecified atom stereocenters. The monoisotopic (exact) mass is 265 g/mol. The van der Waals surface area contributed by atoms with Crippen LogP contribution in [-0.4, -0.2) is 16.5 Å². The zero-order valence-corrected chi connectivity index (χ0v) is 10.0. The fourth-order valence-electron chi connectivity index (χ4n) is 1.55. The molecule has 2 aromatic rings. The predicted octanol–water partition coefficient (Wildman–Crippen LogP) is 1.69. The number of halogens is 2. The van der Waals surface area contributed by atoms with Crippen molar-refractivity contribution in [2.45, 2.75) is 6.42 Å². The molecule has 0 saturated carbocycles. The van der Waals surface area contributed by atoms with Gasteiger partial charge in [-0.05, 0) is 12.1 Å². The molecule has 0 radical (unpaired) electrons. The summed E-state index contributed by atoms with van der Waals surface area (Å²) in [4.78, 5) is 7.84. The van der Waals surface area contributed by atoms with Crippen molar-refractivity contribution in [2.24, 2.45) is 5.84 Å². The molecule has 0 aliphatic rings. The molecule has 100 valence electrons. The van der Waals surface area contributed by atoms with Gasteiger partial charge in [-0.3, -0.25) is 4.98 Å². The third-order valence-corrected chi connectivity index (χ3v) is 2.47. The van der Waals surface area contributed by atoms with Crippen LogP contribution in [0.1, 0.15) is 5.69 Å². The van der Waals surface area contributed by atoms with Crippen LogP contribution in [0.5, 0.6) is 0 Å². The average Bonchev–Trinajstić information content (AvgIpc) is 2.42. The van der Waals surface area contributed by atoms with Gasteiger partial charge in [0.15, 0.2) is 23.3 Å². The molecular formula is C12H13F2N5. The molecule has 2 aromatic heterocycles. The molecule has 0 saturated heterocycles. The van der Waals surface area contributed by atoms with Gasteiger partial charge < -0.3 is 10.7 Å². The first-order chi connectivity index (χ1) is 9.20. The Kier molecular flexibility index (Phi) is 4.19. The van der Waals surface area contributed by atoms with Crippen molar-refractivity contribution < 1.29 is 8.78 Å². The Morgan fingerprint density at radius 2 is 1.95 bits per heavy atom. The minimum Gasteiger partial charge on any atom is -0.367 e. The normalized spacial score (nSPS) is 10.3. The summed E-state index contributed by atoms with van der Waals surface area (Å²) in [5, 5.41) is 2.78. The van der Waals surface area contributed by atoms with E-state index in [-0.39, 0.29) is 11.6 Å². The third kappa shape index (κ3) is 3.35. The Morgan fingerprint density at radius 1 is 1.16 bits per heavy atom. The van der Waals surface area contributed by atoms with E-state index >= 15 is 0 Å². The minimum atomic E-state index is -0.838. The highest BCUT2D eigenvalue weighted by Crippen LogP contribution is 2.17. The van der Waals surface area contributed by atoms with Crippen molar-refractivity contribution in [1.29, 1.82) is 0 Å². The lowest BCUT2D eigenvalue weighted by Crippen LogP contribution is -2.14. The third-order valence-electron chi connectivity index (χ3n) is 2.47. The molecule has 2 heterocycles. The van der Waals surface area contributed by atoms with Crippen molar-refractivity contribution in [3.8, 4) is 0 Å². The van der Waals surface area contributed by atoms with Gasteiger partial charge in [-0.15, -0.1) is 0 Å². The molecule has 5 nitrogen and oxygen atoms in total. The van der Waals surface area contributed by atoms with Crippen LogP contribution in [0.2, 0.25) is 0 Å². The molecule has 0 aromatic carbocycles. The molecular weight excluding hydrogens is 252 g/mol. The van der Waals surface area contributed by atoms with E-state index in [1.807, 2.05) is 18.2 Å². The number of hydrogen-bond donors (Lipinski definition) is 3. The smallest absolute Gasteiger partial charge is 0.178 e. The second-order valence-corrected chi connectivity index (χ2v) is 3.79. The predicted molar refractivity (Wildman–Crippen MR) is 68.4 cm³/mol. The van der Waals surface area contributed by atoms with Gasteiger partial charge in [-0.1, -0.05) is 6.07 Å². The lowest BCUT2D eigenvalue weighted by atomic mass is 10.3. The SMILES string of the molecule is NNc1nc(NCCc2ccccn2)c(F)cc1F. The number of nitrogens with zero attached hydrogens (tertiary/aromatic N) is 2. The summed E-state index contributed by atoms with van der Waals surface area (Å²) in [7, 11) is 0. The summed E-state index contributed by atoms with van der Waals surface area (Å²) in [5.74, 6) is 3.22. The van der Waals surface area contributed by atoms with Crippen LogP contribution in [0.25, 0.3) is 0 Å². The molecule has 0 aliphatic carbocycles. The number of nitrogens with one attached hydrogen (secondary N) is 2. The molecule has 2 rings (SSSR count). The number of pyridine rings is 2. The minimum absolute atomic E-state index is 0.0507. The second-order valence-electron chi connectivity index (χ2n) is 3.79. The summed E-state index contributed by atoms with van der Waals surface area (Å²) in [6.45, 7) is 0.427. The number of nitrogen functional groups attached to an aromatic ring is 1. The summed E-state index contributed by atoms with van der Waals surface area (Å²) in [6.07, 6.45) is 2.28. The van der Waals surface area contributed by atoms with Crippen LogP contribution in [0.15, 0.2) is 30.5 Å². The Bertz CT molecular complexity index is 547. The van der Waals surface area contributed by atoms with Gasteiger partial charge in [0, 0.05) is 30.9 Å². The van der Waals surface area contributed by atoms with E-state index in [9.17, 15) is 8.78 Å². The second kappa shape index (κ2) is 6.05. The van der Waals surface area contributed by atoms with Crippen molar-refractivity contribution in [3.05, 3.63) is 47.8 Å². The quantitative estimate of drug-likeness (QED) is 0.566. The zero-order chi connectivity index (χ0) is 13.7. The van der Waals surface area contributed by atoms with Crippen LogP contribution >= 0.6 is 0 Å². The molecule has 0 fully saturated rings. The van der Waals surface area contributed by atoms with Crippen LogP contribution in [0.4, 0.5) is 20.4 Å². The standard InChI is InChI=1S/C12H13F2N5/c13-9-7-10(14)12(19-15)18-11(9)17-6-4-8-3-1-2-5-16-8/h1-3,5,7H,4,6,15H2,(H2,17,18,19). The molecule has 0 amide bonds. The highest BCUT2D eigenvalue weighted by Gasteiger charge is 2.10. The maximum Gasteiger partial charge on any atom is 0.178 e. The van der Waals surface area contributed by atoms with E-state index in [4.69, 9.17) is 5.84 Å². The van der Waals surface area contributed by atoms with Crippen molar-refractivity contribution in [1.82, 2.24) is 9.97 Å². The summed E-state index contributed by atoms with van der Waals surface area (Å²) < 4.78 is 26.6. The maximum atomic E-state index is 13.4. The molecule has 19 heavy (non-hydrogen) atoms. The van der Waals surface area contributed by atoms with Gasteiger partial charge in [0.2, 0.25) is 0 Å². The highest BCUT2D eigenvalue weighted by atomic mass is 19.1. The van der Waals surface area contributed by atoms with Gasteiger partial charge in [-0.25, -0.2) is 19.6 Å². The summed E-state index contributed by atoms with van der Waals surface area (Å²) in [6, 6.07) is 6.28.